The number of hydrogen-bond acceptors (Lipinski definition) is 1. The van der Waals surface area contributed by atoms with Crippen LogP contribution in [-0.2, 0) is 0 Å². The highest BCUT2D eigenvalue weighted by Crippen LogP contribution is 2.30. The molecule has 0 aromatic heterocycles. The van der Waals surface area contributed by atoms with Crippen LogP contribution in [-0.4, -0.2) is 6.61 Å². The van der Waals surface area contributed by atoms with E-state index in [2.05, 4.69) is 5.92 Å². The van der Waals surface area contributed by atoms with E-state index in [-0.39, 0.29) is 11.4 Å². The zero-order valence-electron chi connectivity index (χ0n) is 7.79. The Hall–Kier alpha value is -1.49. The highest BCUT2D eigenvalue weighted by molar-refractivity contribution is 5.45. The maximum Gasteiger partial charge on any atom is 0.142 e. The van der Waals surface area contributed by atoms with E-state index >= 15 is 0 Å². The maximum absolute atomic E-state index is 13.2. The van der Waals surface area contributed by atoms with Gasteiger partial charge in [-0.2, -0.15) is 0 Å². The number of terminal acetylenes is 1. The molecule has 0 spiro atoms. The third kappa shape index (κ3) is 1.88. The molecule has 1 saturated carbocycles. The summed E-state index contributed by atoms with van der Waals surface area (Å²) in [6, 6.07) is 4.66. The van der Waals surface area contributed by atoms with Gasteiger partial charge in [0.1, 0.15) is 17.1 Å². The molecule has 1 fully saturated rings. The Kier molecular flexibility index (Phi) is 2.41. The van der Waals surface area contributed by atoms with Gasteiger partial charge in [-0.1, -0.05) is 12.0 Å². The molecule has 0 unspecified atom stereocenters. The maximum atomic E-state index is 13.2. The van der Waals surface area contributed by atoms with Crippen LogP contribution < -0.4 is 4.74 Å². The highest BCUT2D eigenvalue weighted by Gasteiger charge is 2.22. The van der Waals surface area contributed by atoms with E-state index in [4.69, 9.17) is 11.2 Å². The Bertz CT molecular complexity index is 374. The van der Waals surface area contributed by atoms with E-state index < -0.39 is 0 Å². The lowest BCUT2D eigenvalue weighted by Crippen LogP contribution is -2.01. The summed E-state index contributed by atoms with van der Waals surface area (Å²) in [7, 11) is 0. The van der Waals surface area contributed by atoms with Crippen LogP contribution in [0.1, 0.15) is 18.4 Å². The second-order valence-electron chi connectivity index (χ2n) is 3.51. The average Bonchev–Trinajstić information content (AvgIpc) is 2.98. The van der Waals surface area contributed by atoms with Crippen LogP contribution in [0.2, 0.25) is 0 Å². The lowest BCUT2D eigenvalue weighted by atomic mass is 10.2. The normalized spacial score (nSPS) is 14.9. The molecule has 0 saturated heterocycles. The molecule has 14 heavy (non-hydrogen) atoms. The third-order valence-corrected chi connectivity index (χ3v) is 2.29. The number of ether oxygens (including phenoxy) is 1. The van der Waals surface area contributed by atoms with Gasteiger partial charge in [0.05, 0.1) is 6.61 Å². The van der Waals surface area contributed by atoms with Gasteiger partial charge in [-0.15, -0.1) is 6.42 Å². The number of rotatable bonds is 3. The van der Waals surface area contributed by atoms with Gasteiger partial charge in [0, 0.05) is 0 Å². The fourth-order valence-electron chi connectivity index (χ4n) is 1.26. The Balaban J connectivity index is 2.14. The first-order valence-corrected chi connectivity index (χ1v) is 4.69. The summed E-state index contributed by atoms with van der Waals surface area (Å²) in [5.74, 6) is 3.05. The van der Waals surface area contributed by atoms with Gasteiger partial charge >= 0.3 is 0 Å². The van der Waals surface area contributed by atoms with E-state index in [9.17, 15) is 4.39 Å². The molecule has 1 aliphatic rings. The largest absolute Gasteiger partial charge is 0.492 e. The minimum atomic E-state index is -0.388. The predicted molar refractivity (Wildman–Crippen MR) is 52.6 cm³/mol. The van der Waals surface area contributed by atoms with Crippen molar-refractivity contribution in [3.63, 3.8) is 0 Å². The Morgan fingerprint density at radius 2 is 2.29 bits per heavy atom. The van der Waals surface area contributed by atoms with Crippen molar-refractivity contribution in [2.75, 3.05) is 6.61 Å². The zero-order valence-corrected chi connectivity index (χ0v) is 7.79. The second kappa shape index (κ2) is 3.71. The molecule has 72 valence electrons. The van der Waals surface area contributed by atoms with Crippen LogP contribution in [0.3, 0.4) is 0 Å². The average molecular weight is 190 g/mol. The molecule has 0 atom stereocenters. The number of hydrogen-bond donors (Lipinski definition) is 0. The number of halogens is 1. The van der Waals surface area contributed by atoms with Crippen LogP contribution in [0.5, 0.6) is 5.75 Å². The van der Waals surface area contributed by atoms with E-state index in [1.807, 2.05) is 0 Å². The van der Waals surface area contributed by atoms with E-state index in [0.717, 1.165) is 0 Å². The van der Waals surface area contributed by atoms with E-state index in [1.54, 1.807) is 12.1 Å². The van der Waals surface area contributed by atoms with Gasteiger partial charge in [0.2, 0.25) is 0 Å². The van der Waals surface area contributed by atoms with Crippen molar-refractivity contribution < 1.29 is 9.13 Å². The summed E-state index contributed by atoms with van der Waals surface area (Å²) in [5.41, 5.74) is 0.230. The van der Waals surface area contributed by atoms with Crippen LogP contribution in [0.15, 0.2) is 18.2 Å². The Labute approximate surface area is 82.9 Å². The molecule has 1 aromatic rings. The van der Waals surface area contributed by atoms with E-state index in [1.165, 1.54) is 18.9 Å². The molecule has 2 rings (SSSR count). The molecule has 0 bridgehead atoms. The minimum Gasteiger partial charge on any atom is -0.492 e. The quantitative estimate of drug-likeness (QED) is 0.666. The smallest absolute Gasteiger partial charge is 0.142 e. The summed E-state index contributed by atoms with van der Waals surface area (Å²) in [6.07, 6.45) is 7.62. The van der Waals surface area contributed by atoms with Crippen molar-refractivity contribution in [3.05, 3.63) is 29.6 Å². The van der Waals surface area contributed by atoms with Gasteiger partial charge in [-0.3, -0.25) is 0 Å². The fraction of sp³-hybridized carbons (Fsp3) is 0.333. The van der Waals surface area contributed by atoms with Crippen molar-refractivity contribution >= 4 is 0 Å². The molecule has 0 N–H and O–H groups in total. The first-order chi connectivity index (χ1) is 6.81. The van der Waals surface area contributed by atoms with Gasteiger partial charge in [-0.25, -0.2) is 4.39 Å². The van der Waals surface area contributed by atoms with Crippen molar-refractivity contribution in [1.82, 2.24) is 0 Å². The van der Waals surface area contributed by atoms with Crippen LogP contribution in [0.25, 0.3) is 0 Å². The molecule has 1 nitrogen and oxygen atoms in total. The number of benzene rings is 1. The Morgan fingerprint density at radius 3 is 2.93 bits per heavy atom. The lowest BCUT2D eigenvalue weighted by Gasteiger charge is -2.07. The SMILES string of the molecule is C#Cc1c(F)cccc1OCC1CC1. The van der Waals surface area contributed by atoms with Crippen LogP contribution >= 0.6 is 0 Å². The summed E-state index contributed by atoms with van der Waals surface area (Å²) >= 11 is 0. The van der Waals surface area contributed by atoms with Crippen LogP contribution in [0.4, 0.5) is 4.39 Å². The van der Waals surface area contributed by atoms with Crippen molar-refractivity contribution in [2.24, 2.45) is 5.92 Å². The van der Waals surface area contributed by atoms with Gasteiger partial charge in [0.25, 0.3) is 0 Å². The molecule has 2 heteroatoms. The molecular formula is C12H11FO. The monoisotopic (exact) mass is 190 g/mol. The molecular weight excluding hydrogens is 179 g/mol. The molecule has 0 radical (unpaired) electrons. The van der Waals surface area contributed by atoms with Crippen molar-refractivity contribution in [3.8, 4) is 18.1 Å². The summed E-state index contributed by atoms with van der Waals surface area (Å²) < 4.78 is 18.6. The Morgan fingerprint density at radius 1 is 1.50 bits per heavy atom. The first kappa shape index (κ1) is 9.08. The van der Waals surface area contributed by atoms with Gasteiger partial charge < -0.3 is 4.74 Å². The van der Waals surface area contributed by atoms with E-state index in [0.29, 0.717) is 18.3 Å². The predicted octanol–water partition coefficient (Wildman–Crippen LogP) is 2.60. The standard InChI is InChI=1S/C12H11FO/c1-2-10-11(13)4-3-5-12(10)14-8-9-6-7-9/h1,3-5,9H,6-8H2. The molecule has 0 heterocycles. The topological polar surface area (TPSA) is 9.23 Å². The molecule has 0 aliphatic heterocycles. The summed E-state index contributed by atoms with van der Waals surface area (Å²) in [6.45, 7) is 0.651. The van der Waals surface area contributed by atoms with Crippen molar-refractivity contribution in [1.29, 1.82) is 0 Å². The van der Waals surface area contributed by atoms with Gasteiger partial charge in [0.15, 0.2) is 0 Å². The highest BCUT2D eigenvalue weighted by atomic mass is 19.1. The third-order valence-electron chi connectivity index (χ3n) is 2.29. The zero-order chi connectivity index (χ0) is 9.97. The molecule has 1 aliphatic carbocycles. The fourth-order valence-corrected chi connectivity index (χ4v) is 1.26. The van der Waals surface area contributed by atoms with Crippen LogP contribution in [0, 0.1) is 24.1 Å². The minimum absolute atomic E-state index is 0.230. The molecule has 0 amide bonds. The summed E-state index contributed by atoms with van der Waals surface area (Å²) in [4.78, 5) is 0. The summed E-state index contributed by atoms with van der Waals surface area (Å²) in [5, 5.41) is 0. The van der Waals surface area contributed by atoms with Crippen molar-refractivity contribution in [2.45, 2.75) is 12.8 Å². The molecule has 1 aromatic carbocycles. The lowest BCUT2D eigenvalue weighted by molar-refractivity contribution is 0.297. The first-order valence-electron chi connectivity index (χ1n) is 4.69. The van der Waals surface area contributed by atoms with Gasteiger partial charge in [-0.05, 0) is 30.9 Å². The second-order valence-corrected chi connectivity index (χ2v) is 3.51.